The maximum Gasteiger partial charge on any atom is 0.103 e. The van der Waals surface area contributed by atoms with E-state index in [1.807, 2.05) is 36.7 Å². The van der Waals surface area contributed by atoms with Gasteiger partial charge in [-0.05, 0) is 37.1 Å². The zero-order valence-electron chi connectivity index (χ0n) is 9.74. The average molecular weight is 290 g/mol. The van der Waals surface area contributed by atoms with Gasteiger partial charge in [-0.25, -0.2) is 4.68 Å². The molecule has 0 fully saturated rings. The Kier molecular flexibility index (Phi) is 3.30. The molecule has 0 saturated carbocycles. The first-order chi connectivity index (χ1) is 8.17. The summed E-state index contributed by atoms with van der Waals surface area (Å²) in [4.78, 5) is 0. The Bertz CT molecular complexity index is 593. The van der Waals surface area contributed by atoms with Gasteiger partial charge < -0.3 is 0 Å². The SMILES string of the molecule is CCc1c(C#N)cnn1-c1ccc(Br)cc1C. The molecule has 0 unspecified atom stereocenters. The van der Waals surface area contributed by atoms with Crippen molar-refractivity contribution in [2.45, 2.75) is 20.3 Å². The van der Waals surface area contributed by atoms with Crippen molar-refractivity contribution in [2.75, 3.05) is 0 Å². The van der Waals surface area contributed by atoms with Gasteiger partial charge >= 0.3 is 0 Å². The number of rotatable bonds is 2. The van der Waals surface area contributed by atoms with Crippen LogP contribution < -0.4 is 0 Å². The fourth-order valence-electron chi connectivity index (χ4n) is 1.87. The van der Waals surface area contributed by atoms with Crippen LogP contribution in [-0.4, -0.2) is 9.78 Å². The van der Waals surface area contributed by atoms with Crippen molar-refractivity contribution in [3.05, 3.63) is 45.7 Å². The molecular weight excluding hydrogens is 278 g/mol. The molecule has 0 aliphatic heterocycles. The highest BCUT2D eigenvalue weighted by molar-refractivity contribution is 9.10. The minimum Gasteiger partial charge on any atom is -0.236 e. The van der Waals surface area contributed by atoms with Gasteiger partial charge in [0.25, 0.3) is 0 Å². The van der Waals surface area contributed by atoms with E-state index in [0.29, 0.717) is 5.56 Å². The van der Waals surface area contributed by atoms with E-state index in [9.17, 15) is 0 Å². The molecule has 0 aliphatic carbocycles. The van der Waals surface area contributed by atoms with Gasteiger partial charge in [0.2, 0.25) is 0 Å². The Morgan fingerprint density at radius 3 is 2.82 bits per heavy atom. The van der Waals surface area contributed by atoms with Crippen molar-refractivity contribution in [3.63, 3.8) is 0 Å². The van der Waals surface area contributed by atoms with Gasteiger partial charge in [-0.3, -0.25) is 0 Å². The fraction of sp³-hybridized carbons (Fsp3) is 0.231. The van der Waals surface area contributed by atoms with Crippen LogP contribution in [0, 0.1) is 18.3 Å². The van der Waals surface area contributed by atoms with Gasteiger partial charge in [0.05, 0.1) is 23.1 Å². The minimum absolute atomic E-state index is 0.648. The van der Waals surface area contributed by atoms with Crippen LogP contribution in [0.3, 0.4) is 0 Å². The predicted molar refractivity (Wildman–Crippen MR) is 70.1 cm³/mol. The van der Waals surface area contributed by atoms with Crippen LogP contribution in [0.15, 0.2) is 28.9 Å². The van der Waals surface area contributed by atoms with Crippen molar-refractivity contribution in [1.82, 2.24) is 9.78 Å². The molecule has 17 heavy (non-hydrogen) atoms. The van der Waals surface area contributed by atoms with E-state index < -0.39 is 0 Å². The van der Waals surface area contributed by atoms with Crippen LogP contribution >= 0.6 is 15.9 Å². The van der Waals surface area contributed by atoms with Crippen LogP contribution in [0.5, 0.6) is 0 Å². The normalized spacial score (nSPS) is 10.2. The molecule has 0 amide bonds. The summed E-state index contributed by atoms with van der Waals surface area (Å²) >= 11 is 3.44. The average Bonchev–Trinajstić information content (AvgIpc) is 2.71. The second kappa shape index (κ2) is 4.72. The van der Waals surface area contributed by atoms with Crippen molar-refractivity contribution >= 4 is 15.9 Å². The summed E-state index contributed by atoms with van der Waals surface area (Å²) in [5.41, 5.74) is 3.75. The molecule has 2 aromatic rings. The van der Waals surface area contributed by atoms with E-state index >= 15 is 0 Å². The van der Waals surface area contributed by atoms with Crippen LogP contribution in [0.2, 0.25) is 0 Å². The molecule has 1 heterocycles. The zero-order valence-corrected chi connectivity index (χ0v) is 11.3. The lowest BCUT2D eigenvalue weighted by Crippen LogP contribution is -2.04. The maximum absolute atomic E-state index is 9.01. The maximum atomic E-state index is 9.01. The molecule has 2 rings (SSSR count). The summed E-state index contributed by atoms with van der Waals surface area (Å²) in [7, 11) is 0. The Labute approximate surface area is 109 Å². The molecule has 0 saturated heterocycles. The monoisotopic (exact) mass is 289 g/mol. The van der Waals surface area contributed by atoms with Crippen LogP contribution in [0.1, 0.15) is 23.7 Å². The Balaban J connectivity index is 2.61. The minimum atomic E-state index is 0.648. The highest BCUT2D eigenvalue weighted by Gasteiger charge is 2.11. The van der Waals surface area contributed by atoms with Crippen LogP contribution in [-0.2, 0) is 6.42 Å². The highest BCUT2D eigenvalue weighted by atomic mass is 79.9. The van der Waals surface area contributed by atoms with Crippen molar-refractivity contribution in [2.24, 2.45) is 0 Å². The first-order valence-electron chi connectivity index (χ1n) is 5.41. The van der Waals surface area contributed by atoms with Crippen molar-refractivity contribution < 1.29 is 0 Å². The molecule has 0 bridgehead atoms. The first-order valence-corrected chi connectivity index (χ1v) is 6.20. The van der Waals surface area contributed by atoms with E-state index in [-0.39, 0.29) is 0 Å². The Morgan fingerprint density at radius 1 is 1.47 bits per heavy atom. The van der Waals surface area contributed by atoms with Gasteiger partial charge in [0.1, 0.15) is 6.07 Å². The third-order valence-corrected chi connectivity index (χ3v) is 3.20. The highest BCUT2D eigenvalue weighted by Crippen LogP contribution is 2.21. The van der Waals surface area contributed by atoms with Crippen LogP contribution in [0.25, 0.3) is 5.69 Å². The standard InChI is InChI=1S/C13H12BrN3/c1-3-12-10(7-15)8-16-17(12)13-5-4-11(14)6-9(13)2/h4-6,8H,3H2,1-2H3. The van der Waals surface area contributed by atoms with Crippen LogP contribution in [0.4, 0.5) is 0 Å². The van der Waals surface area contributed by atoms with Crippen molar-refractivity contribution in [1.29, 1.82) is 5.26 Å². The quantitative estimate of drug-likeness (QED) is 0.850. The van der Waals surface area contributed by atoms with E-state index in [1.54, 1.807) is 6.20 Å². The number of halogens is 1. The molecule has 0 radical (unpaired) electrons. The number of nitrogens with zero attached hydrogens (tertiary/aromatic N) is 3. The number of nitriles is 1. The number of hydrogen-bond acceptors (Lipinski definition) is 2. The Hall–Kier alpha value is -1.60. The molecule has 0 aliphatic rings. The summed E-state index contributed by atoms with van der Waals surface area (Å²) < 4.78 is 2.89. The smallest absolute Gasteiger partial charge is 0.103 e. The van der Waals surface area contributed by atoms with E-state index in [2.05, 4.69) is 27.1 Å². The lowest BCUT2D eigenvalue weighted by molar-refractivity contribution is 0.807. The number of hydrogen-bond donors (Lipinski definition) is 0. The summed E-state index contributed by atoms with van der Waals surface area (Å²) in [6, 6.07) is 8.21. The van der Waals surface area contributed by atoms with E-state index in [0.717, 1.165) is 27.8 Å². The lowest BCUT2D eigenvalue weighted by atomic mass is 10.2. The van der Waals surface area contributed by atoms with Crippen molar-refractivity contribution in [3.8, 4) is 11.8 Å². The second-order valence-electron chi connectivity index (χ2n) is 3.81. The number of aromatic nitrogens is 2. The van der Waals surface area contributed by atoms with Gasteiger partial charge in [-0.2, -0.15) is 10.4 Å². The van der Waals surface area contributed by atoms with E-state index in [1.165, 1.54) is 0 Å². The topological polar surface area (TPSA) is 41.6 Å². The molecule has 0 spiro atoms. The summed E-state index contributed by atoms with van der Waals surface area (Å²) in [5, 5.41) is 13.3. The molecule has 86 valence electrons. The molecule has 0 atom stereocenters. The second-order valence-corrected chi connectivity index (χ2v) is 4.73. The van der Waals surface area contributed by atoms with E-state index in [4.69, 9.17) is 5.26 Å². The van der Waals surface area contributed by atoms with Gasteiger partial charge in [0.15, 0.2) is 0 Å². The summed E-state index contributed by atoms with van der Waals surface area (Å²) in [5.74, 6) is 0. The van der Waals surface area contributed by atoms with Gasteiger partial charge in [0, 0.05) is 4.47 Å². The third-order valence-electron chi connectivity index (χ3n) is 2.71. The van der Waals surface area contributed by atoms with Gasteiger partial charge in [-0.1, -0.05) is 22.9 Å². The molecule has 1 aromatic heterocycles. The summed E-state index contributed by atoms with van der Waals surface area (Å²) in [6.07, 6.45) is 2.42. The Morgan fingerprint density at radius 2 is 2.24 bits per heavy atom. The largest absolute Gasteiger partial charge is 0.236 e. The third kappa shape index (κ3) is 2.11. The molecule has 0 N–H and O–H groups in total. The molecule has 1 aromatic carbocycles. The number of benzene rings is 1. The predicted octanol–water partition coefficient (Wildman–Crippen LogP) is 3.38. The zero-order chi connectivity index (χ0) is 12.4. The molecule has 3 nitrogen and oxygen atoms in total. The van der Waals surface area contributed by atoms with Gasteiger partial charge in [-0.15, -0.1) is 0 Å². The first kappa shape index (κ1) is 11.9. The fourth-order valence-corrected chi connectivity index (χ4v) is 2.35. The molecule has 4 heteroatoms. The lowest BCUT2D eigenvalue weighted by Gasteiger charge is -2.09. The summed E-state index contributed by atoms with van der Waals surface area (Å²) in [6.45, 7) is 4.07. The number of aryl methyl sites for hydroxylation is 1. The molecular formula is C13H12BrN3.